The molecule has 0 saturated heterocycles. The van der Waals surface area contributed by atoms with Crippen molar-refractivity contribution in [3.8, 4) is 11.1 Å². The number of anilines is 1. The number of primary amides is 1. The highest BCUT2D eigenvalue weighted by molar-refractivity contribution is 7.98. The topological polar surface area (TPSA) is 84.6 Å². The van der Waals surface area contributed by atoms with Crippen molar-refractivity contribution in [3.05, 3.63) is 88.0 Å². The second-order valence-corrected chi connectivity index (χ2v) is 8.91. The van der Waals surface area contributed by atoms with Crippen LogP contribution in [0.5, 0.6) is 0 Å². The van der Waals surface area contributed by atoms with Gasteiger partial charge in [-0.05, 0) is 79.3 Å². The molecule has 3 rings (SSSR count). The van der Waals surface area contributed by atoms with E-state index in [-0.39, 0.29) is 11.1 Å². The van der Waals surface area contributed by atoms with E-state index in [0.717, 1.165) is 23.4 Å². The van der Waals surface area contributed by atoms with Crippen molar-refractivity contribution in [3.63, 3.8) is 0 Å². The number of thioether (sulfide) groups is 1. The number of hydrogen-bond acceptors (Lipinski definition) is 4. The van der Waals surface area contributed by atoms with Crippen molar-refractivity contribution in [1.82, 2.24) is 0 Å². The molecule has 2 amide bonds. The first-order valence-electron chi connectivity index (χ1n) is 11.0. The van der Waals surface area contributed by atoms with Gasteiger partial charge in [0, 0.05) is 27.9 Å². The number of carbonyl (C=O) groups is 2. The van der Waals surface area contributed by atoms with E-state index in [1.165, 1.54) is 11.8 Å². The van der Waals surface area contributed by atoms with Crippen LogP contribution in [0, 0.1) is 11.6 Å². The van der Waals surface area contributed by atoms with E-state index in [1.54, 1.807) is 49.5 Å². The van der Waals surface area contributed by atoms with Gasteiger partial charge in [0.05, 0.1) is 10.7 Å². The maximum atomic E-state index is 14.5. The Hall–Kier alpha value is -3.49. The summed E-state index contributed by atoms with van der Waals surface area (Å²) in [6.07, 6.45) is 6.16. The number of halogens is 3. The second kappa shape index (κ2) is 12.0. The highest BCUT2D eigenvalue weighted by Gasteiger charge is 2.20. The third kappa shape index (κ3) is 6.01. The molecule has 0 aliphatic carbocycles. The van der Waals surface area contributed by atoms with Gasteiger partial charge in [0.2, 0.25) is 0 Å². The lowest BCUT2D eigenvalue weighted by atomic mass is 9.97. The van der Waals surface area contributed by atoms with Crippen LogP contribution in [0.4, 0.5) is 14.5 Å². The zero-order chi connectivity index (χ0) is 26.4. The third-order valence-corrected chi connectivity index (χ3v) is 6.29. The summed E-state index contributed by atoms with van der Waals surface area (Å²) in [5.41, 5.74) is 6.63. The average molecular weight is 528 g/mol. The smallest absolute Gasteiger partial charge is 0.256 e. The number of hydrogen-bond donors (Lipinski definition) is 2. The molecular weight excluding hydrogens is 504 g/mol. The van der Waals surface area contributed by atoms with Crippen LogP contribution < -0.4 is 11.1 Å². The molecule has 3 aromatic carbocycles. The van der Waals surface area contributed by atoms with E-state index in [1.807, 2.05) is 19.3 Å². The Bertz CT molecular complexity index is 1370. The number of allylic oxidation sites excluding steroid dienone is 1. The molecule has 3 aromatic rings. The van der Waals surface area contributed by atoms with Crippen LogP contribution in [-0.4, -0.2) is 24.3 Å². The standard InChI is InChI=1S/C27H24ClF2N3O2S/c1-4-6-24(32-5-2)20-13-16(7-10-21(20)28)33-27(35)18-9-8-17(36-3)14-19(18)15-11-22(29)25(26(31)34)23(30)12-15/h5-14H,4H2,1-3H3,(H2,31,34)(H,33,35). The number of nitrogens with one attached hydrogen (secondary N) is 1. The van der Waals surface area contributed by atoms with Crippen molar-refractivity contribution in [2.45, 2.75) is 25.2 Å². The van der Waals surface area contributed by atoms with Crippen molar-refractivity contribution < 1.29 is 18.4 Å². The second-order valence-electron chi connectivity index (χ2n) is 7.62. The van der Waals surface area contributed by atoms with Gasteiger partial charge >= 0.3 is 0 Å². The Kier molecular flexibility index (Phi) is 9.01. The fourth-order valence-corrected chi connectivity index (χ4v) is 4.27. The zero-order valence-electron chi connectivity index (χ0n) is 19.9. The quantitative estimate of drug-likeness (QED) is 0.240. The van der Waals surface area contributed by atoms with Gasteiger partial charge in [-0.2, -0.15) is 0 Å². The van der Waals surface area contributed by atoms with E-state index in [9.17, 15) is 18.4 Å². The number of nitrogens with zero attached hydrogens (tertiary/aromatic N) is 1. The lowest BCUT2D eigenvalue weighted by Crippen LogP contribution is -2.16. The minimum Gasteiger partial charge on any atom is -0.365 e. The fourth-order valence-electron chi connectivity index (χ4n) is 3.61. The predicted molar refractivity (Wildman–Crippen MR) is 144 cm³/mol. The molecular formula is C27H24ClF2N3O2S. The summed E-state index contributed by atoms with van der Waals surface area (Å²) in [4.78, 5) is 29.9. The van der Waals surface area contributed by atoms with E-state index < -0.39 is 29.0 Å². The van der Waals surface area contributed by atoms with Gasteiger partial charge in [0.1, 0.15) is 17.2 Å². The molecule has 3 N–H and O–H groups in total. The molecule has 0 atom stereocenters. The molecule has 5 nitrogen and oxygen atoms in total. The number of nitrogens with two attached hydrogens (primary N) is 1. The summed E-state index contributed by atoms with van der Waals surface area (Å²) in [6, 6.07) is 12.0. The van der Waals surface area contributed by atoms with Gasteiger partial charge in [0.15, 0.2) is 0 Å². The van der Waals surface area contributed by atoms with E-state index in [4.69, 9.17) is 17.3 Å². The van der Waals surface area contributed by atoms with Crippen LogP contribution in [0.2, 0.25) is 5.02 Å². The van der Waals surface area contributed by atoms with Gasteiger partial charge in [0.25, 0.3) is 11.8 Å². The molecule has 0 unspecified atom stereocenters. The zero-order valence-corrected chi connectivity index (χ0v) is 21.4. The first kappa shape index (κ1) is 27.1. The Morgan fingerprint density at radius 2 is 1.78 bits per heavy atom. The van der Waals surface area contributed by atoms with Crippen LogP contribution in [0.3, 0.4) is 0 Å². The minimum absolute atomic E-state index is 0.0956. The van der Waals surface area contributed by atoms with E-state index in [2.05, 4.69) is 10.3 Å². The number of rotatable bonds is 8. The molecule has 0 radical (unpaired) electrons. The Labute approximate surface area is 217 Å². The predicted octanol–water partition coefficient (Wildman–Crippen LogP) is 7.20. The van der Waals surface area contributed by atoms with Crippen molar-refractivity contribution in [2.75, 3.05) is 11.6 Å². The first-order valence-corrected chi connectivity index (χ1v) is 12.6. The minimum atomic E-state index is -1.21. The van der Waals surface area contributed by atoms with Gasteiger partial charge < -0.3 is 11.1 Å². The maximum absolute atomic E-state index is 14.5. The molecule has 36 heavy (non-hydrogen) atoms. The summed E-state index contributed by atoms with van der Waals surface area (Å²) in [6.45, 7) is 3.77. The van der Waals surface area contributed by atoms with Crippen molar-refractivity contribution in [2.24, 2.45) is 10.7 Å². The van der Waals surface area contributed by atoms with Gasteiger partial charge in [-0.25, -0.2) is 8.78 Å². The Balaban J connectivity index is 2.06. The molecule has 0 aromatic heterocycles. The van der Waals surface area contributed by atoms with Gasteiger partial charge in [-0.1, -0.05) is 24.6 Å². The average Bonchev–Trinajstić information content (AvgIpc) is 2.84. The van der Waals surface area contributed by atoms with Crippen LogP contribution in [0.1, 0.15) is 46.5 Å². The number of carbonyl (C=O) groups excluding carboxylic acids is 2. The summed E-state index contributed by atoms with van der Waals surface area (Å²) < 4.78 is 29.0. The molecule has 0 spiro atoms. The SMILES string of the molecule is CC=NC(=CCC)c1cc(NC(=O)c2ccc(SC)cc2-c2cc(F)c(C(N)=O)c(F)c2)ccc1Cl. The van der Waals surface area contributed by atoms with Crippen LogP contribution >= 0.6 is 23.4 Å². The molecule has 0 aliphatic heterocycles. The van der Waals surface area contributed by atoms with Crippen LogP contribution in [0.25, 0.3) is 16.8 Å². The lowest BCUT2D eigenvalue weighted by Gasteiger charge is -2.14. The summed E-state index contributed by atoms with van der Waals surface area (Å²) in [7, 11) is 0. The molecule has 0 fully saturated rings. The van der Waals surface area contributed by atoms with E-state index in [0.29, 0.717) is 27.5 Å². The molecule has 0 bridgehead atoms. The molecule has 0 aliphatic rings. The summed E-state index contributed by atoms with van der Waals surface area (Å²) in [5.74, 6) is -3.92. The maximum Gasteiger partial charge on any atom is 0.256 e. The summed E-state index contributed by atoms with van der Waals surface area (Å²) >= 11 is 7.79. The monoisotopic (exact) mass is 527 g/mol. The molecule has 0 heterocycles. The van der Waals surface area contributed by atoms with Crippen molar-refractivity contribution >= 4 is 52.8 Å². The lowest BCUT2D eigenvalue weighted by molar-refractivity contribution is 0.0990. The van der Waals surface area contributed by atoms with Crippen LogP contribution in [-0.2, 0) is 0 Å². The number of aliphatic imine (C=N–C) groups is 1. The molecule has 0 saturated carbocycles. The highest BCUT2D eigenvalue weighted by atomic mass is 35.5. The molecule has 9 heteroatoms. The third-order valence-electron chi connectivity index (χ3n) is 5.24. The Morgan fingerprint density at radius 3 is 2.36 bits per heavy atom. The largest absolute Gasteiger partial charge is 0.365 e. The van der Waals surface area contributed by atoms with Crippen molar-refractivity contribution in [1.29, 1.82) is 0 Å². The van der Waals surface area contributed by atoms with E-state index >= 15 is 0 Å². The normalized spacial score (nSPS) is 11.7. The number of benzene rings is 3. The van der Waals surface area contributed by atoms with Gasteiger partial charge in [-0.3, -0.25) is 14.6 Å². The van der Waals surface area contributed by atoms with Gasteiger partial charge in [-0.15, -0.1) is 11.8 Å². The summed E-state index contributed by atoms with van der Waals surface area (Å²) in [5, 5.41) is 3.30. The first-order chi connectivity index (χ1) is 17.2. The highest BCUT2D eigenvalue weighted by Crippen LogP contribution is 2.33. The molecule has 186 valence electrons. The number of amides is 2. The Morgan fingerprint density at radius 1 is 1.08 bits per heavy atom. The van der Waals surface area contributed by atoms with Crippen LogP contribution in [0.15, 0.2) is 64.5 Å². The fraction of sp³-hybridized carbons (Fsp3) is 0.148.